The number of nitrogens with zero attached hydrogens (tertiary/aromatic N) is 1. The fourth-order valence-corrected chi connectivity index (χ4v) is 2.05. The minimum atomic E-state index is -4.69. The van der Waals surface area contributed by atoms with Gasteiger partial charge in [0.2, 0.25) is 0 Å². The van der Waals surface area contributed by atoms with Crippen molar-refractivity contribution in [2.75, 3.05) is 0 Å². The molecule has 0 aliphatic rings. The summed E-state index contributed by atoms with van der Waals surface area (Å²) in [6.07, 6.45) is -3.13. The van der Waals surface area contributed by atoms with Crippen molar-refractivity contribution in [1.29, 1.82) is 0 Å². The fraction of sp³-hybridized carbons (Fsp3) is 0.100. The van der Waals surface area contributed by atoms with Gasteiger partial charge in [-0.15, -0.1) is 13.2 Å². The van der Waals surface area contributed by atoms with Crippen molar-refractivity contribution in [1.82, 2.24) is 4.98 Å². The highest BCUT2D eigenvalue weighted by Gasteiger charge is 2.31. The number of pyridine rings is 1. The average Bonchev–Trinajstić information content (AvgIpc) is 2.22. The summed E-state index contributed by atoms with van der Waals surface area (Å²) in [7, 11) is 0. The van der Waals surface area contributed by atoms with E-state index in [1.165, 1.54) is 18.2 Å². The Hall–Kier alpha value is -0.820. The molecule has 0 atom stereocenters. The van der Waals surface area contributed by atoms with Gasteiger partial charge in [0.25, 0.3) is 0 Å². The van der Waals surface area contributed by atoms with Crippen LogP contribution in [0.25, 0.3) is 10.9 Å². The third-order valence-corrected chi connectivity index (χ3v) is 3.95. The van der Waals surface area contributed by atoms with E-state index in [0.29, 0.717) is 19.8 Å². The standard InChI is InChI=1S/C10H4Br2F3NO/c11-7-4-16-8-2-1-5(17-10(13,14)15)3-6(8)9(7)12/h1-4H. The van der Waals surface area contributed by atoms with Crippen LogP contribution in [0.3, 0.4) is 0 Å². The molecule has 1 aromatic carbocycles. The summed E-state index contributed by atoms with van der Waals surface area (Å²) < 4.78 is 41.3. The van der Waals surface area contributed by atoms with Crippen molar-refractivity contribution >= 4 is 42.8 Å². The predicted octanol–water partition coefficient (Wildman–Crippen LogP) is 4.66. The number of fused-ring (bicyclic) bond motifs is 1. The van der Waals surface area contributed by atoms with Gasteiger partial charge in [-0.05, 0) is 50.1 Å². The van der Waals surface area contributed by atoms with Crippen LogP contribution in [0.5, 0.6) is 5.75 Å². The van der Waals surface area contributed by atoms with Crippen molar-refractivity contribution in [3.63, 3.8) is 0 Å². The zero-order chi connectivity index (χ0) is 12.6. The number of rotatable bonds is 1. The molecule has 0 fully saturated rings. The Morgan fingerprint density at radius 3 is 2.53 bits per heavy atom. The van der Waals surface area contributed by atoms with Crippen LogP contribution in [-0.4, -0.2) is 11.3 Å². The van der Waals surface area contributed by atoms with E-state index in [-0.39, 0.29) is 5.75 Å². The van der Waals surface area contributed by atoms with Crippen LogP contribution >= 0.6 is 31.9 Å². The topological polar surface area (TPSA) is 22.1 Å². The summed E-state index contributed by atoms with van der Waals surface area (Å²) in [4.78, 5) is 4.07. The summed E-state index contributed by atoms with van der Waals surface area (Å²) in [5.74, 6) is -0.273. The molecule has 0 saturated heterocycles. The van der Waals surface area contributed by atoms with E-state index >= 15 is 0 Å². The van der Waals surface area contributed by atoms with E-state index in [0.717, 1.165) is 0 Å². The highest BCUT2D eigenvalue weighted by Crippen LogP contribution is 2.33. The van der Waals surface area contributed by atoms with E-state index in [9.17, 15) is 13.2 Å². The van der Waals surface area contributed by atoms with Gasteiger partial charge >= 0.3 is 6.36 Å². The molecule has 7 heteroatoms. The van der Waals surface area contributed by atoms with Crippen molar-refractivity contribution in [2.24, 2.45) is 0 Å². The molecule has 2 rings (SSSR count). The molecule has 0 bridgehead atoms. The lowest BCUT2D eigenvalue weighted by atomic mass is 10.2. The predicted molar refractivity (Wildman–Crippen MR) is 63.8 cm³/mol. The zero-order valence-electron chi connectivity index (χ0n) is 8.05. The van der Waals surface area contributed by atoms with Gasteiger partial charge in [0.15, 0.2) is 0 Å². The monoisotopic (exact) mass is 369 g/mol. The molecule has 1 aromatic heterocycles. The van der Waals surface area contributed by atoms with Crippen LogP contribution in [0.4, 0.5) is 13.2 Å². The van der Waals surface area contributed by atoms with E-state index in [4.69, 9.17) is 0 Å². The summed E-state index contributed by atoms with van der Waals surface area (Å²) in [5, 5.41) is 0.543. The second kappa shape index (κ2) is 4.45. The van der Waals surface area contributed by atoms with Gasteiger partial charge in [-0.2, -0.15) is 0 Å². The first-order chi connectivity index (χ1) is 7.87. The average molecular weight is 371 g/mol. The number of halogens is 5. The van der Waals surface area contributed by atoms with Crippen LogP contribution < -0.4 is 4.74 Å². The Morgan fingerprint density at radius 2 is 1.88 bits per heavy atom. The molecule has 0 radical (unpaired) electrons. The van der Waals surface area contributed by atoms with Gasteiger partial charge in [0, 0.05) is 16.1 Å². The largest absolute Gasteiger partial charge is 0.573 e. The molecule has 0 saturated carbocycles. The Kier molecular flexibility index (Phi) is 3.31. The smallest absolute Gasteiger partial charge is 0.406 e. The van der Waals surface area contributed by atoms with Gasteiger partial charge < -0.3 is 4.74 Å². The van der Waals surface area contributed by atoms with Gasteiger partial charge in [-0.1, -0.05) is 0 Å². The third-order valence-electron chi connectivity index (χ3n) is 1.96. The van der Waals surface area contributed by atoms with Crippen LogP contribution in [0.15, 0.2) is 33.3 Å². The van der Waals surface area contributed by atoms with E-state index in [1.54, 1.807) is 6.20 Å². The van der Waals surface area contributed by atoms with Crippen molar-refractivity contribution < 1.29 is 17.9 Å². The first-order valence-corrected chi connectivity index (χ1v) is 5.95. The van der Waals surface area contributed by atoms with Gasteiger partial charge in [0.1, 0.15) is 5.75 Å². The van der Waals surface area contributed by atoms with Crippen molar-refractivity contribution in [3.8, 4) is 5.75 Å². The number of alkyl halides is 3. The number of aromatic nitrogens is 1. The molecule has 17 heavy (non-hydrogen) atoms. The zero-order valence-corrected chi connectivity index (χ0v) is 11.2. The minimum absolute atomic E-state index is 0.273. The lowest BCUT2D eigenvalue weighted by molar-refractivity contribution is -0.274. The maximum absolute atomic E-state index is 12.1. The second-order valence-corrected chi connectivity index (χ2v) is 4.79. The Labute approximate surface area is 111 Å². The second-order valence-electron chi connectivity index (χ2n) is 3.15. The van der Waals surface area contributed by atoms with E-state index in [2.05, 4.69) is 41.6 Å². The van der Waals surface area contributed by atoms with E-state index in [1.807, 2.05) is 0 Å². The maximum atomic E-state index is 12.1. The molecule has 0 amide bonds. The molecule has 0 spiro atoms. The number of ether oxygens (including phenoxy) is 1. The first kappa shape index (κ1) is 12.6. The molecule has 0 unspecified atom stereocenters. The quantitative estimate of drug-likeness (QED) is 0.728. The Bertz CT molecular complexity index is 571. The van der Waals surface area contributed by atoms with Crippen molar-refractivity contribution in [3.05, 3.63) is 33.3 Å². The summed E-state index contributed by atoms with van der Waals surface area (Å²) >= 11 is 6.50. The molecule has 90 valence electrons. The van der Waals surface area contributed by atoms with Crippen LogP contribution in [0.1, 0.15) is 0 Å². The molecule has 2 nitrogen and oxygen atoms in total. The summed E-state index contributed by atoms with van der Waals surface area (Å²) in [6, 6.07) is 3.97. The SMILES string of the molecule is FC(F)(F)Oc1ccc2ncc(Br)c(Br)c2c1. The summed E-state index contributed by atoms with van der Waals surface area (Å²) in [5.41, 5.74) is 0.578. The molecular weight excluding hydrogens is 367 g/mol. The summed E-state index contributed by atoms with van der Waals surface area (Å²) in [6.45, 7) is 0. The Balaban J connectivity index is 2.53. The highest BCUT2D eigenvalue weighted by atomic mass is 79.9. The van der Waals surface area contributed by atoms with Crippen LogP contribution in [0, 0.1) is 0 Å². The normalized spacial score (nSPS) is 11.8. The number of benzene rings is 1. The third kappa shape index (κ3) is 2.90. The van der Waals surface area contributed by atoms with Crippen LogP contribution in [-0.2, 0) is 0 Å². The van der Waals surface area contributed by atoms with E-state index < -0.39 is 6.36 Å². The first-order valence-electron chi connectivity index (χ1n) is 4.36. The van der Waals surface area contributed by atoms with Gasteiger partial charge in [-0.25, -0.2) is 0 Å². The molecule has 1 heterocycles. The fourth-order valence-electron chi connectivity index (χ4n) is 1.31. The van der Waals surface area contributed by atoms with Gasteiger partial charge in [-0.3, -0.25) is 4.98 Å². The van der Waals surface area contributed by atoms with Gasteiger partial charge in [0.05, 0.1) is 9.99 Å². The minimum Gasteiger partial charge on any atom is -0.406 e. The number of hydrogen-bond acceptors (Lipinski definition) is 2. The molecule has 0 aliphatic carbocycles. The Morgan fingerprint density at radius 1 is 1.18 bits per heavy atom. The molecule has 0 aliphatic heterocycles. The lowest BCUT2D eigenvalue weighted by Crippen LogP contribution is -2.17. The molecule has 2 aromatic rings. The van der Waals surface area contributed by atoms with Crippen molar-refractivity contribution in [2.45, 2.75) is 6.36 Å². The highest BCUT2D eigenvalue weighted by molar-refractivity contribution is 9.13. The maximum Gasteiger partial charge on any atom is 0.573 e. The van der Waals surface area contributed by atoms with Crippen LogP contribution in [0.2, 0.25) is 0 Å². The molecular formula is C10H4Br2F3NO. The lowest BCUT2D eigenvalue weighted by Gasteiger charge is -2.10. The molecule has 0 N–H and O–H groups in total. The number of hydrogen-bond donors (Lipinski definition) is 0.